The number of benzene rings is 1. The molecule has 0 saturated heterocycles. The molecular weight excluding hydrogens is 232 g/mol. The van der Waals surface area contributed by atoms with Gasteiger partial charge in [0.25, 0.3) is 0 Å². The third kappa shape index (κ3) is 1.94. The molecule has 0 fully saturated rings. The first-order valence-electron chi connectivity index (χ1n) is 5.70. The van der Waals surface area contributed by atoms with Crippen LogP contribution in [0.25, 0.3) is 0 Å². The van der Waals surface area contributed by atoms with Gasteiger partial charge in [0.05, 0.1) is 18.2 Å². The molecule has 2 heterocycles. The highest BCUT2D eigenvalue weighted by Gasteiger charge is 2.17. The van der Waals surface area contributed by atoms with E-state index in [1.807, 2.05) is 18.8 Å². The average Bonchev–Trinajstić information content (AvgIpc) is 2.99. The lowest BCUT2D eigenvalue weighted by Gasteiger charge is -2.15. The van der Waals surface area contributed by atoms with Crippen molar-refractivity contribution in [2.45, 2.75) is 12.5 Å². The Morgan fingerprint density at radius 1 is 1.47 bits per heavy atom. The topological polar surface area (TPSA) is 34.1 Å². The predicted octanol–water partition coefficient (Wildman–Crippen LogP) is 2.39. The molecule has 3 nitrogen and oxygen atoms in total. The zero-order valence-electron chi connectivity index (χ0n) is 9.64. The number of rotatable bonds is 3. The second-order valence-corrected chi connectivity index (χ2v) is 5.01. The van der Waals surface area contributed by atoms with E-state index < -0.39 is 0 Å². The van der Waals surface area contributed by atoms with Gasteiger partial charge in [0.1, 0.15) is 5.75 Å². The molecule has 1 aromatic carbocycles. The summed E-state index contributed by atoms with van der Waals surface area (Å²) in [6, 6.07) is 6.67. The summed E-state index contributed by atoms with van der Waals surface area (Å²) < 4.78 is 5.53. The number of aromatic nitrogens is 1. The number of hydrogen-bond acceptors (Lipinski definition) is 4. The molecular formula is C13H14N2OS. The van der Waals surface area contributed by atoms with Crippen LogP contribution in [0.1, 0.15) is 22.0 Å². The fourth-order valence-corrected chi connectivity index (χ4v) is 2.98. The van der Waals surface area contributed by atoms with E-state index in [1.54, 1.807) is 11.3 Å². The number of ether oxygens (including phenoxy) is 1. The van der Waals surface area contributed by atoms with Gasteiger partial charge in [0, 0.05) is 17.5 Å². The molecule has 4 heteroatoms. The summed E-state index contributed by atoms with van der Waals surface area (Å²) in [6.45, 7) is 0.809. The van der Waals surface area contributed by atoms with Crippen LogP contribution in [0.4, 0.5) is 0 Å². The molecule has 1 aliphatic heterocycles. The van der Waals surface area contributed by atoms with Crippen molar-refractivity contribution in [3.63, 3.8) is 0 Å². The van der Waals surface area contributed by atoms with E-state index in [-0.39, 0.29) is 6.04 Å². The zero-order chi connectivity index (χ0) is 11.7. The fourth-order valence-electron chi connectivity index (χ4n) is 2.23. The molecule has 0 saturated carbocycles. The van der Waals surface area contributed by atoms with Crippen molar-refractivity contribution in [3.8, 4) is 5.75 Å². The molecule has 0 amide bonds. The zero-order valence-corrected chi connectivity index (χ0v) is 10.5. The highest BCUT2D eigenvalue weighted by Crippen LogP contribution is 2.31. The molecule has 1 aromatic heterocycles. The van der Waals surface area contributed by atoms with Gasteiger partial charge >= 0.3 is 0 Å². The Morgan fingerprint density at radius 3 is 3.18 bits per heavy atom. The predicted molar refractivity (Wildman–Crippen MR) is 68.7 cm³/mol. The number of fused-ring (bicyclic) bond motifs is 1. The van der Waals surface area contributed by atoms with Crippen molar-refractivity contribution in [1.29, 1.82) is 0 Å². The summed E-state index contributed by atoms with van der Waals surface area (Å²) in [7, 11) is 1.98. The molecule has 0 radical (unpaired) electrons. The minimum atomic E-state index is 0.230. The van der Waals surface area contributed by atoms with Gasteiger partial charge in [-0.3, -0.25) is 4.98 Å². The van der Waals surface area contributed by atoms with Crippen LogP contribution >= 0.6 is 11.3 Å². The van der Waals surface area contributed by atoms with Crippen LogP contribution in [0, 0.1) is 0 Å². The lowest BCUT2D eigenvalue weighted by molar-refractivity contribution is 0.357. The Balaban J connectivity index is 1.97. The van der Waals surface area contributed by atoms with Crippen LogP contribution in [0.3, 0.4) is 0 Å². The van der Waals surface area contributed by atoms with Gasteiger partial charge in [-0.15, -0.1) is 11.3 Å². The number of nitrogens with one attached hydrogen (secondary N) is 1. The maximum atomic E-state index is 5.53. The van der Waals surface area contributed by atoms with Crippen molar-refractivity contribution in [2.24, 2.45) is 0 Å². The normalized spacial score (nSPS) is 15.4. The second kappa shape index (κ2) is 4.47. The van der Waals surface area contributed by atoms with Crippen molar-refractivity contribution < 1.29 is 4.74 Å². The van der Waals surface area contributed by atoms with Crippen LogP contribution in [0.5, 0.6) is 5.75 Å². The summed E-state index contributed by atoms with van der Waals surface area (Å²) in [6.07, 6.45) is 2.94. The summed E-state index contributed by atoms with van der Waals surface area (Å²) in [4.78, 5) is 5.38. The maximum absolute atomic E-state index is 5.53. The lowest BCUT2D eigenvalue weighted by atomic mass is 10.0. The minimum absolute atomic E-state index is 0.230. The van der Waals surface area contributed by atoms with Crippen LogP contribution in [-0.4, -0.2) is 18.6 Å². The molecule has 1 unspecified atom stereocenters. The van der Waals surface area contributed by atoms with Gasteiger partial charge in [0.2, 0.25) is 0 Å². The highest BCUT2D eigenvalue weighted by atomic mass is 32.1. The summed E-state index contributed by atoms with van der Waals surface area (Å²) in [5.41, 5.74) is 4.46. The third-order valence-corrected chi connectivity index (χ3v) is 3.91. The van der Waals surface area contributed by atoms with Crippen LogP contribution < -0.4 is 10.1 Å². The molecule has 0 aliphatic carbocycles. The summed E-state index contributed by atoms with van der Waals surface area (Å²) in [5.74, 6) is 1.04. The minimum Gasteiger partial charge on any atom is -0.493 e. The van der Waals surface area contributed by atoms with E-state index in [2.05, 4.69) is 28.5 Å². The number of thiazole rings is 1. The first-order valence-corrected chi connectivity index (χ1v) is 6.57. The fraction of sp³-hybridized carbons (Fsp3) is 0.308. The van der Waals surface area contributed by atoms with Gasteiger partial charge < -0.3 is 10.1 Å². The molecule has 0 bridgehead atoms. The van der Waals surface area contributed by atoms with Crippen molar-refractivity contribution in [1.82, 2.24) is 10.3 Å². The lowest BCUT2D eigenvalue weighted by Crippen LogP contribution is -2.16. The first-order chi connectivity index (χ1) is 8.38. The Morgan fingerprint density at radius 2 is 2.41 bits per heavy atom. The van der Waals surface area contributed by atoms with Gasteiger partial charge in [-0.05, 0) is 24.2 Å². The molecule has 3 rings (SSSR count). The van der Waals surface area contributed by atoms with Gasteiger partial charge in [-0.1, -0.05) is 12.1 Å². The van der Waals surface area contributed by atoms with Gasteiger partial charge in [-0.25, -0.2) is 0 Å². The van der Waals surface area contributed by atoms with Crippen molar-refractivity contribution in [2.75, 3.05) is 13.7 Å². The second-order valence-electron chi connectivity index (χ2n) is 4.09. The quantitative estimate of drug-likeness (QED) is 0.903. The molecule has 0 spiro atoms. The van der Waals surface area contributed by atoms with E-state index in [4.69, 9.17) is 4.74 Å². The maximum Gasteiger partial charge on any atom is 0.122 e. The van der Waals surface area contributed by atoms with Crippen molar-refractivity contribution >= 4 is 11.3 Å². The first kappa shape index (κ1) is 10.7. The van der Waals surface area contributed by atoms with E-state index in [0.717, 1.165) is 18.8 Å². The Hall–Kier alpha value is -1.39. The monoisotopic (exact) mass is 246 g/mol. The van der Waals surface area contributed by atoms with E-state index in [9.17, 15) is 0 Å². The number of nitrogens with zero attached hydrogens (tertiary/aromatic N) is 1. The highest BCUT2D eigenvalue weighted by molar-refractivity contribution is 7.09. The third-order valence-electron chi connectivity index (χ3n) is 3.07. The Kier molecular flexibility index (Phi) is 2.82. The molecule has 88 valence electrons. The number of hydrogen-bond donors (Lipinski definition) is 1. The average molecular weight is 246 g/mol. The summed E-state index contributed by atoms with van der Waals surface area (Å²) in [5, 5.41) is 3.34. The van der Waals surface area contributed by atoms with Crippen LogP contribution in [-0.2, 0) is 6.42 Å². The van der Waals surface area contributed by atoms with E-state index >= 15 is 0 Å². The Bertz CT molecular complexity index is 510. The van der Waals surface area contributed by atoms with Gasteiger partial charge in [-0.2, -0.15) is 0 Å². The van der Waals surface area contributed by atoms with E-state index in [1.165, 1.54) is 16.0 Å². The van der Waals surface area contributed by atoms with Gasteiger partial charge in [0.15, 0.2) is 0 Å². The molecule has 2 aromatic rings. The molecule has 1 N–H and O–H groups in total. The van der Waals surface area contributed by atoms with Crippen molar-refractivity contribution in [3.05, 3.63) is 45.9 Å². The summed E-state index contributed by atoms with van der Waals surface area (Å²) >= 11 is 1.68. The largest absolute Gasteiger partial charge is 0.493 e. The van der Waals surface area contributed by atoms with E-state index in [0.29, 0.717) is 0 Å². The molecule has 17 heavy (non-hydrogen) atoms. The van der Waals surface area contributed by atoms with Crippen LogP contribution in [0.15, 0.2) is 29.9 Å². The SMILES string of the molecule is CNC(c1ccc2c(c1)CCO2)c1cncs1. The standard InChI is InChI=1S/C13H14N2OS/c1-14-13(12-7-15-8-17-12)10-2-3-11-9(6-10)4-5-16-11/h2-3,6-8,13-14H,4-5H2,1H3. The molecule has 1 atom stereocenters. The smallest absolute Gasteiger partial charge is 0.122 e. The molecule has 1 aliphatic rings. The Labute approximate surface area is 104 Å². The van der Waals surface area contributed by atoms with Crippen LogP contribution in [0.2, 0.25) is 0 Å².